The van der Waals surface area contributed by atoms with Crippen molar-refractivity contribution in [3.05, 3.63) is 78.4 Å². The minimum atomic E-state index is 0.0282. The molecule has 31 heavy (non-hydrogen) atoms. The second kappa shape index (κ2) is 7.72. The Hall–Kier alpha value is -3.93. The van der Waals surface area contributed by atoms with Crippen LogP contribution in [-0.2, 0) is 4.79 Å². The number of aryl methyl sites for hydroxylation is 1. The Morgan fingerprint density at radius 3 is 2.45 bits per heavy atom. The number of piperazine rings is 1. The maximum Gasteiger partial charge on any atom is 0.246 e. The van der Waals surface area contributed by atoms with Gasteiger partial charge in [0.2, 0.25) is 5.91 Å². The van der Waals surface area contributed by atoms with Crippen LogP contribution in [0, 0.1) is 6.92 Å². The van der Waals surface area contributed by atoms with Crippen LogP contribution in [0.1, 0.15) is 5.56 Å². The molecule has 1 saturated heterocycles. The van der Waals surface area contributed by atoms with E-state index in [4.69, 9.17) is 9.97 Å². The van der Waals surface area contributed by atoms with Gasteiger partial charge in [-0.3, -0.25) is 4.79 Å². The van der Waals surface area contributed by atoms with E-state index in [1.165, 1.54) is 0 Å². The van der Waals surface area contributed by atoms with Gasteiger partial charge in [-0.1, -0.05) is 36.4 Å². The summed E-state index contributed by atoms with van der Waals surface area (Å²) in [5.41, 5.74) is 3.36. The average Bonchev–Trinajstić information content (AvgIpc) is 2.79. The second-order valence-corrected chi connectivity index (χ2v) is 7.71. The number of carbonyl (C=O) groups excluding carboxylic acids is 1. The van der Waals surface area contributed by atoms with Gasteiger partial charge in [0.15, 0.2) is 5.82 Å². The summed E-state index contributed by atoms with van der Waals surface area (Å²) >= 11 is 0. The molecule has 0 atom stereocenters. The number of aromatic nitrogens is 2. The lowest BCUT2D eigenvalue weighted by Crippen LogP contribution is -2.51. The highest BCUT2D eigenvalue weighted by Gasteiger charge is 2.27. The Morgan fingerprint density at radius 2 is 1.68 bits per heavy atom. The van der Waals surface area contributed by atoms with Gasteiger partial charge in [0.25, 0.3) is 0 Å². The first kappa shape index (κ1) is 19.1. The smallest absolute Gasteiger partial charge is 0.246 e. The quantitative estimate of drug-likeness (QED) is 0.549. The number of amides is 1. The van der Waals surface area contributed by atoms with Crippen LogP contribution in [0.3, 0.4) is 0 Å². The third kappa shape index (κ3) is 3.57. The minimum Gasteiger partial charge on any atom is -0.507 e. The number of carbonyl (C=O) groups is 1. The lowest BCUT2D eigenvalue weighted by atomic mass is 10.1. The number of anilines is 2. The van der Waals surface area contributed by atoms with Gasteiger partial charge in [-0.25, -0.2) is 9.97 Å². The van der Waals surface area contributed by atoms with Crippen LogP contribution in [0.4, 0.5) is 11.5 Å². The zero-order valence-electron chi connectivity index (χ0n) is 17.2. The van der Waals surface area contributed by atoms with Gasteiger partial charge in [0.1, 0.15) is 11.6 Å². The summed E-state index contributed by atoms with van der Waals surface area (Å²) in [5, 5.41) is 11.2. The van der Waals surface area contributed by atoms with Crippen molar-refractivity contribution in [3.8, 4) is 17.1 Å². The van der Waals surface area contributed by atoms with Crippen molar-refractivity contribution in [1.82, 2.24) is 9.97 Å². The van der Waals surface area contributed by atoms with Crippen molar-refractivity contribution < 1.29 is 9.90 Å². The zero-order chi connectivity index (χ0) is 21.4. The number of para-hydroxylation sites is 2. The van der Waals surface area contributed by atoms with Crippen LogP contribution < -0.4 is 9.80 Å². The zero-order valence-corrected chi connectivity index (χ0v) is 17.2. The van der Waals surface area contributed by atoms with Gasteiger partial charge in [-0.15, -0.1) is 0 Å². The summed E-state index contributed by atoms with van der Waals surface area (Å²) in [5.74, 6) is 1.32. The van der Waals surface area contributed by atoms with E-state index < -0.39 is 0 Å². The Morgan fingerprint density at radius 1 is 0.903 bits per heavy atom. The first-order valence-electron chi connectivity index (χ1n) is 10.3. The second-order valence-electron chi connectivity index (χ2n) is 7.71. The molecule has 1 aliphatic heterocycles. The van der Waals surface area contributed by atoms with E-state index in [1.807, 2.05) is 71.3 Å². The van der Waals surface area contributed by atoms with Crippen molar-refractivity contribution in [2.24, 2.45) is 0 Å². The molecule has 0 spiro atoms. The van der Waals surface area contributed by atoms with Crippen molar-refractivity contribution in [3.63, 3.8) is 0 Å². The number of benzene rings is 3. The summed E-state index contributed by atoms with van der Waals surface area (Å²) in [7, 11) is 0. The van der Waals surface area contributed by atoms with Gasteiger partial charge in [0.05, 0.1) is 17.6 Å². The summed E-state index contributed by atoms with van der Waals surface area (Å²) < 4.78 is 0. The number of aromatic hydroxyl groups is 1. The predicted molar refractivity (Wildman–Crippen MR) is 122 cm³/mol. The Kier molecular flexibility index (Phi) is 4.75. The third-order valence-electron chi connectivity index (χ3n) is 5.57. The third-order valence-corrected chi connectivity index (χ3v) is 5.57. The summed E-state index contributed by atoms with van der Waals surface area (Å²) in [6.45, 7) is 3.48. The molecule has 1 amide bonds. The molecule has 6 nitrogen and oxygen atoms in total. The number of phenolic OH excluding ortho intramolecular Hbond substituents is 1. The topological polar surface area (TPSA) is 69.6 Å². The first-order valence-corrected chi connectivity index (χ1v) is 10.3. The molecule has 0 bridgehead atoms. The Bertz CT molecular complexity index is 1270. The van der Waals surface area contributed by atoms with E-state index >= 15 is 0 Å². The minimum absolute atomic E-state index is 0.0282. The standard InChI is InChI=1S/C25H22N4O2/c1-17-11-12-19-21(15-17)26-24(20-9-5-6-10-22(20)30)27-25(19)28-13-14-29(23(31)16-28)18-7-3-2-4-8-18/h2-12,15,30H,13-14,16H2,1H3. The Labute approximate surface area is 180 Å². The summed E-state index contributed by atoms with van der Waals surface area (Å²) in [6, 6.07) is 22.8. The summed E-state index contributed by atoms with van der Waals surface area (Å²) in [4.78, 5) is 26.3. The molecule has 4 aromatic rings. The highest BCUT2D eigenvalue weighted by Crippen LogP contribution is 2.32. The molecule has 3 aromatic carbocycles. The lowest BCUT2D eigenvalue weighted by molar-refractivity contribution is -0.117. The van der Waals surface area contributed by atoms with Crippen LogP contribution in [0.2, 0.25) is 0 Å². The van der Waals surface area contributed by atoms with Gasteiger partial charge in [-0.2, -0.15) is 0 Å². The van der Waals surface area contributed by atoms with Crippen LogP contribution in [0.15, 0.2) is 72.8 Å². The maximum absolute atomic E-state index is 13.0. The first-order chi connectivity index (χ1) is 15.1. The van der Waals surface area contributed by atoms with E-state index in [0.717, 1.165) is 22.2 Å². The number of nitrogens with zero attached hydrogens (tertiary/aromatic N) is 4. The monoisotopic (exact) mass is 410 g/mol. The van der Waals surface area contributed by atoms with Crippen LogP contribution in [0.5, 0.6) is 5.75 Å². The largest absolute Gasteiger partial charge is 0.507 e. The Balaban J connectivity index is 1.56. The molecule has 0 radical (unpaired) electrons. The van der Waals surface area contributed by atoms with E-state index in [-0.39, 0.29) is 18.2 Å². The van der Waals surface area contributed by atoms with E-state index in [2.05, 4.69) is 0 Å². The molecular weight excluding hydrogens is 388 g/mol. The predicted octanol–water partition coefficient (Wildman–Crippen LogP) is 4.16. The SMILES string of the molecule is Cc1ccc2c(N3CCN(c4ccccc4)C(=O)C3)nc(-c3ccccc3O)nc2c1. The molecule has 6 heteroatoms. The van der Waals surface area contributed by atoms with Crippen LogP contribution in [-0.4, -0.2) is 40.6 Å². The molecule has 1 fully saturated rings. The van der Waals surface area contributed by atoms with Crippen molar-refractivity contribution in [2.45, 2.75) is 6.92 Å². The molecule has 0 aliphatic carbocycles. The fraction of sp³-hybridized carbons (Fsp3) is 0.160. The maximum atomic E-state index is 13.0. The highest BCUT2D eigenvalue weighted by atomic mass is 16.3. The van der Waals surface area contributed by atoms with Crippen LogP contribution in [0.25, 0.3) is 22.3 Å². The highest BCUT2D eigenvalue weighted by molar-refractivity contribution is 6.00. The number of hydrogen-bond donors (Lipinski definition) is 1. The number of fused-ring (bicyclic) bond motifs is 1. The van der Waals surface area contributed by atoms with Gasteiger partial charge >= 0.3 is 0 Å². The van der Waals surface area contributed by atoms with Gasteiger partial charge in [0, 0.05) is 24.2 Å². The molecule has 5 rings (SSSR count). The lowest BCUT2D eigenvalue weighted by Gasteiger charge is -2.35. The number of rotatable bonds is 3. The fourth-order valence-electron chi connectivity index (χ4n) is 3.98. The molecule has 154 valence electrons. The fourth-order valence-corrected chi connectivity index (χ4v) is 3.98. The van der Waals surface area contributed by atoms with Crippen molar-refractivity contribution in [1.29, 1.82) is 0 Å². The van der Waals surface area contributed by atoms with Gasteiger partial charge < -0.3 is 14.9 Å². The number of phenols is 1. The van der Waals surface area contributed by atoms with E-state index in [1.54, 1.807) is 18.2 Å². The molecule has 1 aromatic heterocycles. The molecule has 0 unspecified atom stereocenters. The molecule has 0 saturated carbocycles. The molecule has 2 heterocycles. The summed E-state index contributed by atoms with van der Waals surface area (Å²) in [6.07, 6.45) is 0. The van der Waals surface area contributed by atoms with Crippen molar-refractivity contribution >= 4 is 28.3 Å². The molecule has 1 N–H and O–H groups in total. The van der Waals surface area contributed by atoms with E-state index in [0.29, 0.717) is 30.3 Å². The van der Waals surface area contributed by atoms with Crippen LogP contribution >= 0.6 is 0 Å². The van der Waals surface area contributed by atoms with Gasteiger partial charge in [-0.05, 0) is 48.9 Å². The number of hydrogen-bond acceptors (Lipinski definition) is 5. The van der Waals surface area contributed by atoms with E-state index in [9.17, 15) is 9.90 Å². The normalized spacial score (nSPS) is 14.3. The molecular formula is C25H22N4O2. The molecule has 1 aliphatic rings. The average molecular weight is 410 g/mol. The van der Waals surface area contributed by atoms with Crippen molar-refractivity contribution in [2.75, 3.05) is 29.4 Å².